The molecule has 42 heavy (non-hydrogen) atoms. The molecule has 0 bridgehead atoms. The van der Waals surface area contributed by atoms with E-state index in [0.717, 1.165) is 15.4 Å². The van der Waals surface area contributed by atoms with Gasteiger partial charge in [0.15, 0.2) is 0 Å². The molecule has 0 radical (unpaired) electrons. The molecule has 0 aliphatic carbocycles. The summed E-state index contributed by atoms with van der Waals surface area (Å²) in [5.74, 6) is -0.376. The Morgan fingerprint density at radius 3 is 2.12 bits per heavy atom. The summed E-state index contributed by atoms with van der Waals surface area (Å²) in [6, 6.07) is 17.0. The molecule has 0 spiro atoms. The molecule has 0 heterocycles. The van der Waals surface area contributed by atoms with Gasteiger partial charge in [0.05, 0.1) is 24.8 Å². The lowest BCUT2D eigenvalue weighted by molar-refractivity contribution is -0.140. The number of ether oxygens (including phenoxy) is 2. The van der Waals surface area contributed by atoms with Crippen LogP contribution in [0.2, 0.25) is 5.02 Å². The van der Waals surface area contributed by atoms with E-state index in [1.165, 1.54) is 37.3 Å². The van der Waals surface area contributed by atoms with Gasteiger partial charge in [-0.1, -0.05) is 41.4 Å². The normalized spacial score (nSPS) is 12.3. The summed E-state index contributed by atoms with van der Waals surface area (Å²) in [7, 11) is -1.41. The van der Waals surface area contributed by atoms with Crippen molar-refractivity contribution in [3.8, 4) is 11.5 Å². The number of halogens is 1. The van der Waals surface area contributed by atoms with Gasteiger partial charge in [-0.2, -0.15) is 0 Å². The van der Waals surface area contributed by atoms with E-state index in [0.29, 0.717) is 10.8 Å². The Balaban J connectivity index is 2.12. The third-order valence-electron chi connectivity index (χ3n) is 6.47. The van der Waals surface area contributed by atoms with Gasteiger partial charge in [-0.3, -0.25) is 13.9 Å². The number of hydrogen-bond donors (Lipinski definition) is 1. The number of anilines is 1. The largest absolute Gasteiger partial charge is 0.497 e. The Hall–Kier alpha value is -3.76. The third-order valence-corrected chi connectivity index (χ3v) is 8.50. The predicted octanol–water partition coefficient (Wildman–Crippen LogP) is 5.19. The van der Waals surface area contributed by atoms with Gasteiger partial charge in [0.2, 0.25) is 11.8 Å². The molecule has 3 aromatic rings. The van der Waals surface area contributed by atoms with Crippen molar-refractivity contribution in [1.82, 2.24) is 10.2 Å². The van der Waals surface area contributed by atoms with Crippen molar-refractivity contribution in [1.29, 1.82) is 0 Å². The average Bonchev–Trinajstić information content (AvgIpc) is 2.94. The molecule has 11 heteroatoms. The first kappa shape index (κ1) is 32.8. The molecular formula is C31H38ClN3O6S. The van der Waals surface area contributed by atoms with Gasteiger partial charge < -0.3 is 19.7 Å². The first-order valence-electron chi connectivity index (χ1n) is 13.3. The highest BCUT2D eigenvalue weighted by molar-refractivity contribution is 7.92. The van der Waals surface area contributed by atoms with E-state index in [1.54, 1.807) is 55.5 Å². The highest BCUT2D eigenvalue weighted by Crippen LogP contribution is 2.36. The van der Waals surface area contributed by atoms with E-state index in [-0.39, 0.29) is 28.8 Å². The molecule has 3 aromatic carbocycles. The molecule has 0 unspecified atom stereocenters. The molecule has 2 amide bonds. The zero-order valence-corrected chi connectivity index (χ0v) is 26.5. The van der Waals surface area contributed by atoms with Crippen LogP contribution in [0.3, 0.4) is 0 Å². The summed E-state index contributed by atoms with van der Waals surface area (Å²) in [4.78, 5) is 28.7. The van der Waals surface area contributed by atoms with Crippen LogP contribution >= 0.6 is 11.6 Å². The van der Waals surface area contributed by atoms with Crippen LogP contribution < -0.4 is 19.1 Å². The first-order valence-corrected chi connectivity index (χ1v) is 15.2. The molecule has 3 rings (SSSR count). The number of sulfonamides is 1. The number of carbonyl (C=O) groups excluding carboxylic acids is 2. The minimum atomic E-state index is -4.28. The molecule has 0 aliphatic heterocycles. The summed E-state index contributed by atoms with van der Waals surface area (Å²) in [5, 5.41) is 3.43. The maximum atomic E-state index is 14.1. The lowest BCUT2D eigenvalue weighted by Crippen LogP contribution is -2.54. The number of carbonyl (C=O) groups is 2. The number of rotatable bonds is 11. The molecule has 9 nitrogen and oxygen atoms in total. The molecule has 226 valence electrons. The van der Waals surface area contributed by atoms with E-state index >= 15 is 0 Å². The lowest BCUT2D eigenvalue weighted by atomic mass is 10.1. The van der Waals surface area contributed by atoms with Crippen molar-refractivity contribution in [2.75, 3.05) is 25.1 Å². The van der Waals surface area contributed by atoms with Crippen molar-refractivity contribution in [2.24, 2.45) is 0 Å². The zero-order chi connectivity index (χ0) is 31.2. The second-order valence-electron chi connectivity index (χ2n) is 10.9. The summed E-state index contributed by atoms with van der Waals surface area (Å²) in [5.41, 5.74) is 1.16. The second kappa shape index (κ2) is 13.5. The standard InChI is InChI=1S/C31H38ClN3O6S/c1-21-8-15-26(16-9-21)42(38,39)35(27-18-25(40-6)14-17-28(27)41-7)20-29(36)34(19-23-10-12-24(32)13-11-23)22(2)30(37)33-31(3,4)5/h8-18,22H,19-20H2,1-7H3,(H,33,37)/t22-/m0/s1. The number of aryl methyl sites for hydroxylation is 1. The number of nitrogens with one attached hydrogen (secondary N) is 1. The maximum Gasteiger partial charge on any atom is 0.264 e. The van der Waals surface area contributed by atoms with E-state index in [9.17, 15) is 18.0 Å². The number of hydrogen-bond acceptors (Lipinski definition) is 6. The van der Waals surface area contributed by atoms with Crippen LogP contribution in [0.25, 0.3) is 0 Å². The Bertz CT molecular complexity index is 1500. The van der Waals surface area contributed by atoms with E-state index < -0.39 is 34.1 Å². The number of nitrogens with zero attached hydrogens (tertiary/aromatic N) is 2. The number of amides is 2. The van der Waals surface area contributed by atoms with Crippen LogP contribution in [0.5, 0.6) is 11.5 Å². The van der Waals surface area contributed by atoms with Crippen LogP contribution in [-0.2, 0) is 26.2 Å². The van der Waals surface area contributed by atoms with Gasteiger partial charge in [-0.15, -0.1) is 0 Å². The zero-order valence-electron chi connectivity index (χ0n) is 25.0. The van der Waals surface area contributed by atoms with Crippen LogP contribution in [0.1, 0.15) is 38.8 Å². The van der Waals surface area contributed by atoms with Gasteiger partial charge in [-0.05, 0) is 76.6 Å². The van der Waals surface area contributed by atoms with Crippen LogP contribution in [-0.4, -0.2) is 57.5 Å². The minimum Gasteiger partial charge on any atom is -0.497 e. The van der Waals surface area contributed by atoms with E-state index in [4.69, 9.17) is 21.1 Å². The number of benzene rings is 3. The fourth-order valence-corrected chi connectivity index (χ4v) is 5.73. The lowest BCUT2D eigenvalue weighted by Gasteiger charge is -2.33. The van der Waals surface area contributed by atoms with Crippen molar-refractivity contribution in [3.05, 3.63) is 82.9 Å². The fraction of sp³-hybridized carbons (Fsp3) is 0.355. The summed E-state index contributed by atoms with van der Waals surface area (Å²) < 4.78 is 40.1. The Morgan fingerprint density at radius 1 is 0.952 bits per heavy atom. The van der Waals surface area contributed by atoms with Crippen LogP contribution in [0, 0.1) is 6.92 Å². The highest BCUT2D eigenvalue weighted by Gasteiger charge is 2.34. The van der Waals surface area contributed by atoms with E-state index in [2.05, 4.69) is 5.32 Å². The van der Waals surface area contributed by atoms with Crippen molar-refractivity contribution < 1.29 is 27.5 Å². The topological polar surface area (TPSA) is 105 Å². The monoisotopic (exact) mass is 615 g/mol. The maximum absolute atomic E-state index is 14.1. The van der Waals surface area contributed by atoms with Gasteiger partial charge >= 0.3 is 0 Å². The second-order valence-corrected chi connectivity index (χ2v) is 13.2. The minimum absolute atomic E-state index is 0.00597. The Kier molecular flexibility index (Phi) is 10.5. The third kappa shape index (κ3) is 8.17. The molecule has 0 saturated heterocycles. The molecule has 0 aliphatic rings. The summed E-state index contributed by atoms with van der Waals surface area (Å²) in [6.45, 7) is 8.42. The Labute approximate surface area is 253 Å². The van der Waals surface area contributed by atoms with Gasteiger partial charge in [-0.25, -0.2) is 8.42 Å². The molecule has 0 fully saturated rings. The first-order chi connectivity index (χ1) is 19.7. The SMILES string of the molecule is COc1ccc(OC)c(N(CC(=O)N(Cc2ccc(Cl)cc2)[C@@H](C)C(=O)NC(C)(C)C)S(=O)(=O)c2ccc(C)cc2)c1. The molecular weight excluding hydrogens is 578 g/mol. The van der Waals surface area contributed by atoms with Crippen LogP contribution in [0.15, 0.2) is 71.6 Å². The molecule has 0 saturated carbocycles. The summed E-state index contributed by atoms with van der Waals surface area (Å²) >= 11 is 6.06. The molecule has 1 atom stereocenters. The highest BCUT2D eigenvalue weighted by atomic mass is 35.5. The summed E-state index contributed by atoms with van der Waals surface area (Å²) in [6.07, 6.45) is 0. The van der Waals surface area contributed by atoms with Gasteiger partial charge in [0.25, 0.3) is 10.0 Å². The van der Waals surface area contributed by atoms with Crippen molar-refractivity contribution in [3.63, 3.8) is 0 Å². The smallest absolute Gasteiger partial charge is 0.264 e. The molecule has 1 N–H and O–H groups in total. The predicted molar refractivity (Wildman–Crippen MR) is 165 cm³/mol. The van der Waals surface area contributed by atoms with Crippen molar-refractivity contribution in [2.45, 2.75) is 57.6 Å². The number of methoxy groups -OCH3 is 2. The quantitative estimate of drug-likeness (QED) is 0.318. The van der Waals surface area contributed by atoms with Crippen LogP contribution in [0.4, 0.5) is 5.69 Å². The van der Waals surface area contributed by atoms with Gasteiger partial charge in [0.1, 0.15) is 24.1 Å². The van der Waals surface area contributed by atoms with Gasteiger partial charge in [0, 0.05) is 23.2 Å². The Morgan fingerprint density at radius 2 is 1.57 bits per heavy atom. The van der Waals surface area contributed by atoms with E-state index in [1.807, 2.05) is 27.7 Å². The van der Waals surface area contributed by atoms with Crippen molar-refractivity contribution >= 4 is 39.1 Å². The average molecular weight is 616 g/mol. The molecule has 0 aromatic heterocycles. The fourth-order valence-electron chi connectivity index (χ4n) is 4.19.